The number of ether oxygens (including phenoxy) is 2. The Morgan fingerprint density at radius 3 is 2.50 bits per heavy atom. The minimum atomic E-state index is -0.117. The molecular weight excluding hydrogens is 302 g/mol. The van der Waals surface area contributed by atoms with Gasteiger partial charge >= 0.3 is 0 Å². The number of carbonyl (C=O) groups excluding carboxylic acids is 1. The van der Waals surface area contributed by atoms with Gasteiger partial charge in [-0.05, 0) is 37.5 Å². The van der Waals surface area contributed by atoms with E-state index in [9.17, 15) is 4.79 Å². The van der Waals surface area contributed by atoms with Crippen LogP contribution >= 0.6 is 0 Å². The van der Waals surface area contributed by atoms with Crippen molar-refractivity contribution in [3.8, 4) is 5.75 Å². The number of hydrogen-bond acceptors (Lipinski definition) is 3. The van der Waals surface area contributed by atoms with E-state index in [0.29, 0.717) is 18.0 Å². The van der Waals surface area contributed by atoms with Gasteiger partial charge < -0.3 is 14.8 Å². The second-order valence-corrected chi connectivity index (χ2v) is 5.87. The molecule has 0 saturated heterocycles. The van der Waals surface area contributed by atoms with E-state index in [1.807, 2.05) is 24.3 Å². The molecule has 1 N–H and O–H groups in total. The number of anilines is 1. The number of benzene rings is 2. The van der Waals surface area contributed by atoms with Gasteiger partial charge in [-0.1, -0.05) is 42.0 Å². The molecule has 1 atom stereocenters. The Balaban J connectivity index is 1.89. The average molecular weight is 327 g/mol. The molecule has 2 rings (SSSR count). The highest BCUT2D eigenvalue weighted by Gasteiger charge is 2.11. The first kappa shape index (κ1) is 18.0. The van der Waals surface area contributed by atoms with Crippen LogP contribution in [0.25, 0.3) is 0 Å². The Morgan fingerprint density at radius 1 is 1.12 bits per heavy atom. The molecule has 0 bridgehead atoms. The van der Waals surface area contributed by atoms with Crippen LogP contribution in [-0.4, -0.2) is 25.7 Å². The molecule has 0 aliphatic carbocycles. The van der Waals surface area contributed by atoms with Crippen LogP contribution in [0.1, 0.15) is 24.5 Å². The highest BCUT2D eigenvalue weighted by Crippen LogP contribution is 2.24. The van der Waals surface area contributed by atoms with Crippen LogP contribution in [0.3, 0.4) is 0 Å². The first-order valence-electron chi connectivity index (χ1n) is 8.16. The van der Waals surface area contributed by atoms with Crippen molar-refractivity contribution in [2.24, 2.45) is 0 Å². The maximum absolute atomic E-state index is 11.3. The third-order valence-corrected chi connectivity index (χ3v) is 3.83. The molecule has 4 heteroatoms. The normalized spacial score (nSPS) is 11.8. The molecule has 0 saturated carbocycles. The van der Waals surface area contributed by atoms with Crippen LogP contribution in [0.4, 0.5) is 5.69 Å². The molecule has 1 amide bonds. The third-order valence-electron chi connectivity index (χ3n) is 3.83. The maximum Gasteiger partial charge on any atom is 0.221 e. The molecule has 0 heterocycles. The second-order valence-electron chi connectivity index (χ2n) is 5.87. The van der Waals surface area contributed by atoms with Gasteiger partial charge in [0.1, 0.15) is 12.4 Å². The van der Waals surface area contributed by atoms with E-state index in [2.05, 4.69) is 36.5 Å². The van der Waals surface area contributed by atoms with Gasteiger partial charge in [-0.2, -0.15) is 0 Å². The van der Waals surface area contributed by atoms with Crippen LogP contribution in [0.5, 0.6) is 5.75 Å². The number of hydrogen-bond donors (Lipinski definition) is 1. The standard InChI is InChI=1S/C20H25NO3/c1-15-8-10-17(11-9-15)12-13-18(23-3)14-24-20-7-5-4-6-19(20)21-16(2)22/h4-11,18H,12-14H2,1-3H3,(H,21,22). The number of nitrogens with one attached hydrogen (secondary N) is 1. The summed E-state index contributed by atoms with van der Waals surface area (Å²) in [7, 11) is 1.70. The van der Waals surface area contributed by atoms with Crippen molar-refractivity contribution in [3.63, 3.8) is 0 Å². The molecule has 0 fully saturated rings. The van der Waals surface area contributed by atoms with E-state index in [1.54, 1.807) is 7.11 Å². The Hall–Kier alpha value is -2.33. The maximum atomic E-state index is 11.3. The van der Waals surface area contributed by atoms with Gasteiger partial charge in [0.25, 0.3) is 0 Å². The topological polar surface area (TPSA) is 47.6 Å². The van der Waals surface area contributed by atoms with Gasteiger partial charge in [0.05, 0.1) is 11.8 Å². The fourth-order valence-electron chi connectivity index (χ4n) is 2.42. The fourth-order valence-corrected chi connectivity index (χ4v) is 2.42. The molecule has 0 radical (unpaired) electrons. The summed E-state index contributed by atoms with van der Waals surface area (Å²) in [5.74, 6) is 0.541. The van der Waals surface area contributed by atoms with Crippen molar-refractivity contribution in [1.82, 2.24) is 0 Å². The number of amides is 1. The molecule has 0 aromatic heterocycles. The molecule has 128 valence electrons. The number of para-hydroxylation sites is 2. The van der Waals surface area contributed by atoms with Crippen LogP contribution in [0.2, 0.25) is 0 Å². The summed E-state index contributed by atoms with van der Waals surface area (Å²) in [6.45, 7) is 4.01. The SMILES string of the molecule is COC(CCc1ccc(C)cc1)COc1ccccc1NC(C)=O. The Morgan fingerprint density at radius 2 is 1.83 bits per heavy atom. The monoisotopic (exact) mass is 327 g/mol. The molecule has 0 aliphatic heterocycles. The molecule has 0 spiro atoms. The van der Waals surface area contributed by atoms with Crippen molar-refractivity contribution in [1.29, 1.82) is 0 Å². The first-order valence-corrected chi connectivity index (χ1v) is 8.16. The zero-order valence-electron chi connectivity index (χ0n) is 14.5. The van der Waals surface area contributed by atoms with Crippen molar-refractivity contribution >= 4 is 11.6 Å². The highest BCUT2D eigenvalue weighted by atomic mass is 16.5. The quantitative estimate of drug-likeness (QED) is 0.798. The van der Waals surface area contributed by atoms with E-state index < -0.39 is 0 Å². The van der Waals surface area contributed by atoms with Gasteiger partial charge in [0.2, 0.25) is 5.91 Å². The van der Waals surface area contributed by atoms with Crippen LogP contribution in [-0.2, 0) is 16.0 Å². The largest absolute Gasteiger partial charge is 0.489 e. The lowest BCUT2D eigenvalue weighted by atomic mass is 10.1. The molecular formula is C20H25NO3. The Bertz CT molecular complexity index is 652. The van der Waals surface area contributed by atoms with E-state index in [-0.39, 0.29) is 12.0 Å². The number of rotatable bonds is 8. The summed E-state index contributed by atoms with van der Waals surface area (Å²) >= 11 is 0. The predicted molar refractivity (Wildman–Crippen MR) is 96.5 cm³/mol. The molecule has 1 unspecified atom stereocenters. The third kappa shape index (κ3) is 5.70. The molecule has 4 nitrogen and oxygen atoms in total. The average Bonchev–Trinajstić information content (AvgIpc) is 2.57. The predicted octanol–water partition coefficient (Wildman–Crippen LogP) is 3.98. The van der Waals surface area contributed by atoms with E-state index >= 15 is 0 Å². The molecule has 2 aromatic carbocycles. The van der Waals surface area contributed by atoms with Crippen molar-refractivity contribution < 1.29 is 14.3 Å². The minimum absolute atomic E-state index is 0.00307. The fraction of sp³-hybridized carbons (Fsp3) is 0.350. The minimum Gasteiger partial charge on any atom is -0.489 e. The van der Waals surface area contributed by atoms with E-state index in [1.165, 1.54) is 18.1 Å². The van der Waals surface area contributed by atoms with Crippen LogP contribution < -0.4 is 10.1 Å². The Labute approximate surface area is 143 Å². The number of carbonyl (C=O) groups is 1. The zero-order chi connectivity index (χ0) is 17.4. The van der Waals surface area contributed by atoms with Crippen LogP contribution in [0, 0.1) is 6.92 Å². The molecule has 24 heavy (non-hydrogen) atoms. The lowest BCUT2D eigenvalue weighted by molar-refractivity contribution is -0.114. The highest BCUT2D eigenvalue weighted by molar-refractivity contribution is 5.90. The smallest absolute Gasteiger partial charge is 0.221 e. The summed E-state index contributed by atoms with van der Waals surface area (Å²) in [5.41, 5.74) is 3.24. The summed E-state index contributed by atoms with van der Waals surface area (Å²) < 4.78 is 11.4. The second kappa shape index (κ2) is 9.08. The number of methoxy groups -OCH3 is 1. The van der Waals surface area contributed by atoms with Crippen LogP contribution in [0.15, 0.2) is 48.5 Å². The Kier molecular flexibility index (Phi) is 6.82. The van der Waals surface area contributed by atoms with Gasteiger partial charge in [-0.3, -0.25) is 4.79 Å². The zero-order valence-corrected chi connectivity index (χ0v) is 14.5. The van der Waals surface area contributed by atoms with E-state index in [0.717, 1.165) is 12.8 Å². The first-order chi connectivity index (χ1) is 11.6. The van der Waals surface area contributed by atoms with Crippen molar-refractivity contribution in [2.75, 3.05) is 19.0 Å². The summed E-state index contributed by atoms with van der Waals surface area (Å²) in [5, 5.41) is 2.77. The van der Waals surface area contributed by atoms with Crippen molar-refractivity contribution in [3.05, 3.63) is 59.7 Å². The summed E-state index contributed by atoms with van der Waals surface area (Å²) in [4.78, 5) is 11.3. The molecule has 0 aliphatic rings. The van der Waals surface area contributed by atoms with E-state index in [4.69, 9.17) is 9.47 Å². The number of aryl methyl sites for hydroxylation is 2. The van der Waals surface area contributed by atoms with Crippen molar-refractivity contribution in [2.45, 2.75) is 32.8 Å². The van der Waals surface area contributed by atoms with Gasteiger partial charge in [-0.25, -0.2) is 0 Å². The van der Waals surface area contributed by atoms with Gasteiger partial charge in [-0.15, -0.1) is 0 Å². The van der Waals surface area contributed by atoms with Gasteiger partial charge in [0.15, 0.2) is 0 Å². The molecule has 2 aromatic rings. The van der Waals surface area contributed by atoms with Gasteiger partial charge in [0, 0.05) is 14.0 Å². The lowest BCUT2D eigenvalue weighted by Gasteiger charge is -2.18. The summed E-state index contributed by atoms with van der Waals surface area (Å²) in [6, 6.07) is 16.0. The lowest BCUT2D eigenvalue weighted by Crippen LogP contribution is -2.21. The summed E-state index contributed by atoms with van der Waals surface area (Å²) in [6.07, 6.45) is 1.81.